The van der Waals surface area contributed by atoms with E-state index in [1.54, 1.807) is 7.05 Å². The second-order valence-corrected chi connectivity index (χ2v) is 14.0. The summed E-state index contributed by atoms with van der Waals surface area (Å²) in [7, 11) is 1.69. The van der Waals surface area contributed by atoms with Crippen molar-refractivity contribution in [1.29, 1.82) is 0 Å². The zero-order valence-corrected chi connectivity index (χ0v) is 28.5. The SMILES string of the molecule is CNc1nc(NC(O)CC2CCCCC2)nc2c1ncn2[C@@H]1O[C@H](COC(=O)Cc2ccccc2)[C@@H](OC(=O)CC2CCCCC2)[C@@]1(C)F. The molecule has 13 heteroatoms. The molecule has 49 heavy (non-hydrogen) atoms. The van der Waals surface area contributed by atoms with Crippen LogP contribution in [-0.2, 0) is 30.2 Å². The minimum absolute atomic E-state index is 0.0360. The molecular weight excluding hydrogens is 631 g/mol. The number of esters is 2. The lowest BCUT2D eigenvalue weighted by Crippen LogP contribution is -2.44. The van der Waals surface area contributed by atoms with Gasteiger partial charge >= 0.3 is 11.9 Å². The molecule has 0 radical (unpaired) electrons. The minimum Gasteiger partial charge on any atom is -0.463 e. The minimum atomic E-state index is -2.26. The van der Waals surface area contributed by atoms with E-state index in [4.69, 9.17) is 14.2 Å². The summed E-state index contributed by atoms with van der Waals surface area (Å²) in [5, 5.41) is 16.9. The van der Waals surface area contributed by atoms with E-state index in [0.717, 1.165) is 63.4 Å². The first kappa shape index (κ1) is 35.0. The van der Waals surface area contributed by atoms with Crippen molar-refractivity contribution in [2.45, 2.75) is 121 Å². The monoisotopic (exact) mass is 680 g/mol. The zero-order chi connectivity index (χ0) is 34.4. The number of carbonyl (C=O) groups excluding carboxylic acids is 2. The number of aliphatic hydroxyl groups excluding tert-OH is 1. The summed E-state index contributed by atoms with van der Waals surface area (Å²) in [5.41, 5.74) is -0.848. The van der Waals surface area contributed by atoms with Crippen molar-refractivity contribution in [2.24, 2.45) is 11.8 Å². The third kappa shape index (κ3) is 8.49. The van der Waals surface area contributed by atoms with Crippen LogP contribution in [0.5, 0.6) is 0 Å². The van der Waals surface area contributed by atoms with E-state index in [0.29, 0.717) is 23.7 Å². The van der Waals surface area contributed by atoms with Crippen molar-refractivity contribution < 1.29 is 33.3 Å². The van der Waals surface area contributed by atoms with Crippen LogP contribution in [-0.4, -0.2) is 74.3 Å². The molecule has 12 nitrogen and oxygen atoms in total. The summed E-state index contributed by atoms with van der Waals surface area (Å²) in [4.78, 5) is 39.6. The predicted molar refractivity (Wildman–Crippen MR) is 181 cm³/mol. The Bertz CT molecular complexity index is 1560. The first-order valence-corrected chi connectivity index (χ1v) is 17.8. The number of nitrogens with zero attached hydrogens (tertiary/aromatic N) is 4. The van der Waals surface area contributed by atoms with Gasteiger partial charge in [0.05, 0.1) is 12.7 Å². The van der Waals surface area contributed by atoms with Gasteiger partial charge in [-0.3, -0.25) is 14.2 Å². The lowest BCUT2D eigenvalue weighted by Gasteiger charge is -2.28. The quantitative estimate of drug-likeness (QED) is 0.147. The molecule has 3 aromatic rings. The number of aliphatic hydroxyl groups is 1. The number of halogens is 1. The smallest absolute Gasteiger partial charge is 0.310 e. The molecule has 1 aromatic carbocycles. The molecule has 0 spiro atoms. The van der Waals surface area contributed by atoms with Gasteiger partial charge in [0.1, 0.15) is 18.9 Å². The van der Waals surface area contributed by atoms with Gasteiger partial charge in [0.25, 0.3) is 0 Å². The summed E-state index contributed by atoms with van der Waals surface area (Å²) in [6.45, 7) is 1.01. The summed E-state index contributed by atoms with van der Waals surface area (Å²) >= 11 is 0. The van der Waals surface area contributed by atoms with E-state index < -0.39 is 42.3 Å². The summed E-state index contributed by atoms with van der Waals surface area (Å²) in [6.07, 6.45) is 8.43. The molecular formula is C36H49FN6O6. The maximum atomic E-state index is 17.1. The maximum Gasteiger partial charge on any atom is 0.310 e. The van der Waals surface area contributed by atoms with Gasteiger partial charge in [-0.05, 0) is 43.6 Å². The number of hydrogen-bond donors (Lipinski definition) is 3. The standard InChI is InChI=1S/C36H49FN6O6/c1-36(37)31(49-29(46)20-25-16-10-5-11-17-25)26(21-47-28(45)19-24-14-8-4-9-15-24)48-34(36)43-22-39-30-32(38-2)41-35(42-33(30)43)40-27(44)18-23-12-6-3-7-13-23/h4,8-9,14-15,22-23,25-27,31,34,44H,3,5-7,10-13,16-21H2,1-2H3,(H2,38,40,41,42)/t26-,27?,31-,34-,36-/m1/s1. The highest BCUT2D eigenvalue weighted by Crippen LogP contribution is 2.45. The van der Waals surface area contributed by atoms with Crippen LogP contribution in [0.25, 0.3) is 11.2 Å². The van der Waals surface area contributed by atoms with Gasteiger partial charge in [-0.2, -0.15) is 9.97 Å². The van der Waals surface area contributed by atoms with Crippen molar-refractivity contribution in [3.05, 3.63) is 42.2 Å². The Labute approximate surface area is 286 Å². The first-order valence-electron chi connectivity index (χ1n) is 17.8. The molecule has 3 aliphatic rings. The molecule has 0 bridgehead atoms. The highest BCUT2D eigenvalue weighted by atomic mass is 19.1. The Morgan fingerprint density at radius 2 is 1.73 bits per heavy atom. The molecule has 3 fully saturated rings. The van der Waals surface area contributed by atoms with Gasteiger partial charge in [-0.1, -0.05) is 81.7 Å². The maximum absolute atomic E-state index is 17.1. The van der Waals surface area contributed by atoms with Gasteiger partial charge in [0.15, 0.2) is 35.0 Å². The van der Waals surface area contributed by atoms with Gasteiger partial charge in [-0.15, -0.1) is 0 Å². The molecule has 2 aromatic heterocycles. The highest BCUT2D eigenvalue weighted by molar-refractivity contribution is 5.84. The number of rotatable bonds is 13. The highest BCUT2D eigenvalue weighted by Gasteiger charge is 2.58. The average molecular weight is 681 g/mol. The lowest BCUT2D eigenvalue weighted by atomic mass is 9.86. The Kier molecular flexibility index (Phi) is 11.3. The van der Waals surface area contributed by atoms with Crippen LogP contribution in [0.3, 0.4) is 0 Å². The van der Waals surface area contributed by atoms with E-state index in [1.165, 1.54) is 24.2 Å². The van der Waals surface area contributed by atoms with Gasteiger partial charge < -0.3 is 30.0 Å². The number of fused-ring (bicyclic) bond motifs is 1. The molecule has 1 aliphatic heterocycles. The number of benzene rings is 1. The van der Waals surface area contributed by atoms with Crippen LogP contribution in [0.2, 0.25) is 0 Å². The first-order chi connectivity index (χ1) is 23.7. The molecule has 5 atom stereocenters. The fourth-order valence-corrected chi connectivity index (χ4v) is 7.61. The van der Waals surface area contributed by atoms with E-state index in [9.17, 15) is 14.7 Å². The third-order valence-electron chi connectivity index (χ3n) is 10.2. The molecule has 1 saturated heterocycles. The van der Waals surface area contributed by atoms with Crippen molar-refractivity contribution in [2.75, 3.05) is 24.3 Å². The van der Waals surface area contributed by atoms with Crippen molar-refractivity contribution in [3.8, 4) is 0 Å². The lowest BCUT2D eigenvalue weighted by molar-refractivity contribution is -0.162. The second kappa shape index (κ2) is 15.8. The van der Waals surface area contributed by atoms with E-state index in [1.807, 2.05) is 30.3 Å². The Hall–Kier alpha value is -3.84. The number of ether oxygens (including phenoxy) is 3. The molecule has 1 unspecified atom stereocenters. The number of imidazole rings is 1. The number of alkyl halides is 1. The molecule has 6 rings (SSSR count). The fourth-order valence-electron chi connectivity index (χ4n) is 7.61. The van der Waals surface area contributed by atoms with Crippen LogP contribution in [0.1, 0.15) is 95.8 Å². The van der Waals surface area contributed by atoms with Crippen LogP contribution in [0.15, 0.2) is 36.7 Å². The van der Waals surface area contributed by atoms with E-state index in [2.05, 4.69) is 25.6 Å². The number of aromatic nitrogens is 4. The van der Waals surface area contributed by atoms with Crippen LogP contribution >= 0.6 is 0 Å². The number of anilines is 2. The van der Waals surface area contributed by atoms with Crippen molar-refractivity contribution in [1.82, 2.24) is 19.5 Å². The van der Waals surface area contributed by atoms with E-state index >= 15 is 4.39 Å². The normalized spacial score (nSPS) is 25.6. The summed E-state index contributed by atoms with van der Waals surface area (Å²) in [5.74, 6) is 0.150. The van der Waals surface area contributed by atoms with Crippen LogP contribution in [0, 0.1) is 11.8 Å². The Morgan fingerprint density at radius 1 is 1.04 bits per heavy atom. The average Bonchev–Trinajstić information content (AvgIpc) is 3.61. The Morgan fingerprint density at radius 3 is 2.43 bits per heavy atom. The van der Waals surface area contributed by atoms with E-state index in [-0.39, 0.29) is 37.0 Å². The molecule has 2 aliphatic carbocycles. The molecule has 3 N–H and O–H groups in total. The molecule has 266 valence electrons. The molecule has 0 amide bonds. The Balaban J connectivity index is 1.23. The zero-order valence-electron chi connectivity index (χ0n) is 28.5. The molecule has 3 heterocycles. The number of carbonyl (C=O) groups is 2. The second-order valence-electron chi connectivity index (χ2n) is 14.0. The van der Waals surface area contributed by atoms with Gasteiger partial charge in [-0.25, -0.2) is 9.37 Å². The number of hydrogen-bond acceptors (Lipinski definition) is 11. The number of nitrogens with one attached hydrogen (secondary N) is 2. The fraction of sp³-hybridized carbons (Fsp3) is 0.639. The van der Waals surface area contributed by atoms with Crippen molar-refractivity contribution in [3.63, 3.8) is 0 Å². The van der Waals surface area contributed by atoms with Crippen LogP contribution < -0.4 is 10.6 Å². The van der Waals surface area contributed by atoms with Crippen molar-refractivity contribution >= 4 is 34.9 Å². The largest absolute Gasteiger partial charge is 0.463 e. The predicted octanol–water partition coefficient (Wildman–Crippen LogP) is 5.86. The summed E-state index contributed by atoms with van der Waals surface area (Å²) in [6, 6.07) is 9.17. The van der Waals surface area contributed by atoms with Gasteiger partial charge in [0, 0.05) is 13.5 Å². The summed E-state index contributed by atoms with van der Waals surface area (Å²) < 4.78 is 36.3. The molecule has 2 saturated carbocycles. The third-order valence-corrected chi connectivity index (χ3v) is 10.2. The van der Waals surface area contributed by atoms with Crippen LogP contribution in [0.4, 0.5) is 16.2 Å². The van der Waals surface area contributed by atoms with Gasteiger partial charge in [0.2, 0.25) is 5.95 Å². The topological polar surface area (TPSA) is 150 Å².